The molecule has 0 radical (unpaired) electrons. The fraction of sp³-hybridized carbons (Fsp3) is 0.619. The van der Waals surface area contributed by atoms with Gasteiger partial charge in [-0.3, -0.25) is 0 Å². The number of ether oxygens (including phenoxy) is 2. The number of aliphatic hydroxyl groups excluding tert-OH is 4. The van der Waals surface area contributed by atoms with E-state index in [0.717, 1.165) is 5.56 Å². The molecule has 0 spiro atoms. The molecule has 29 heavy (non-hydrogen) atoms. The van der Waals surface area contributed by atoms with Crippen LogP contribution in [0.5, 0.6) is 0 Å². The van der Waals surface area contributed by atoms with Gasteiger partial charge in [0.2, 0.25) is 6.29 Å². The van der Waals surface area contributed by atoms with Crippen LogP contribution in [0, 0.1) is 0 Å². The Balaban J connectivity index is 2.36. The standard InChI is InChI=1S/C21H36O7Si/c1-21(2,3)29(4,5)28-12-11-17(22)18(23)19(24)20(25)27-14-13-26-15-16-9-7-6-8-10-16/h6-10,17,20,22-25H,11-15H2,1-5H3/b19-18-. The molecule has 0 aliphatic heterocycles. The molecule has 0 amide bonds. The van der Waals surface area contributed by atoms with Crippen LogP contribution in [0.15, 0.2) is 41.9 Å². The van der Waals surface area contributed by atoms with Crippen molar-refractivity contribution in [3.8, 4) is 0 Å². The van der Waals surface area contributed by atoms with Crippen LogP contribution in [0.1, 0.15) is 32.8 Å². The Morgan fingerprint density at radius 2 is 1.59 bits per heavy atom. The van der Waals surface area contributed by atoms with Crippen LogP contribution in [0.2, 0.25) is 18.1 Å². The van der Waals surface area contributed by atoms with Gasteiger partial charge in [0.1, 0.15) is 6.10 Å². The summed E-state index contributed by atoms with van der Waals surface area (Å²) in [6.07, 6.45) is -3.01. The van der Waals surface area contributed by atoms with Gasteiger partial charge in [-0.2, -0.15) is 0 Å². The van der Waals surface area contributed by atoms with Crippen molar-refractivity contribution in [2.45, 2.75) is 64.3 Å². The van der Waals surface area contributed by atoms with E-state index in [9.17, 15) is 20.4 Å². The molecule has 0 heterocycles. The summed E-state index contributed by atoms with van der Waals surface area (Å²) in [7, 11) is -1.96. The average molecular weight is 429 g/mol. The first-order valence-electron chi connectivity index (χ1n) is 9.81. The van der Waals surface area contributed by atoms with Crippen LogP contribution in [-0.2, 0) is 20.5 Å². The molecule has 2 atom stereocenters. The van der Waals surface area contributed by atoms with E-state index in [2.05, 4.69) is 33.9 Å². The Kier molecular flexibility index (Phi) is 10.3. The van der Waals surface area contributed by atoms with Crippen LogP contribution < -0.4 is 0 Å². The first-order valence-corrected chi connectivity index (χ1v) is 12.7. The van der Waals surface area contributed by atoms with Crippen molar-refractivity contribution < 1.29 is 34.3 Å². The van der Waals surface area contributed by atoms with Crippen LogP contribution >= 0.6 is 0 Å². The number of benzene rings is 1. The second-order valence-electron chi connectivity index (χ2n) is 8.45. The number of hydrogen-bond donors (Lipinski definition) is 4. The Morgan fingerprint density at radius 3 is 2.17 bits per heavy atom. The SMILES string of the molecule is CC(C)(C)[Si](C)(C)OCCC(O)/C(O)=C(/O)C(O)OCCOCc1ccccc1. The maximum absolute atomic E-state index is 10.0. The molecule has 2 unspecified atom stereocenters. The van der Waals surface area contributed by atoms with E-state index in [4.69, 9.17) is 13.9 Å². The third-order valence-electron chi connectivity index (χ3n) is 5.09. The first kappa shape index (κ1) is 25.6. The smallest absolute Gasteiger partial charge is 0.217 e. The van der Waals surface area contributed by atoms with Gasteiger partial charge in [0, 0.05) is 13.0 Å². The molecule has 0 aromatic heterocycles. The summed E-state index contributed by atoms with van der Waals surface area (Å²) in [6.45, 7) is 11.3. The number of rotatable bonds is 12. The fourth-order valence-electron chi connectivity index (χ4n) is 2.14. The van der Waals surface area contributed by atoms with Gasteiger partial charge in [0.05, 0.1) is 19.8 Å². The number of hydrogen-bond acceptors (Lipinski definition) is 7. The van der Waals surface area contributed by atoms with Gasteiger partial charge >= 0.3 is 0 Å². The Bertz CT molecular complexity index is 626. The average Bonchev–Trinajstić information content (AvgIpc) is 2.66. The Hall–Kier alpha value is -1.42. The van der Waals surface area contributed by atoms with E-state index in [1.165, 1.54) is 0 Å². The van der Waals surface area contributed by atoms with E-state index in [-0.39, 0.29) is 31.3 Å². The molecular formula is C21H36O7Si. The summed E-state index contributed by atoms with van der Waals surface area (Å²) in [5, 5.41) is 39.8. The molecule has 1 aromatic rings. The highest BCUT2D eigenvalue weighted by atomic mass is 28.4. The third-order valence-corrected chi connectivity index (χ3v) is 9.63. The zero-order valence-electron chi connectivity index (χ0n) is 18.1. The van der Waals surface area contributed by atoms with Crippen LogP contribution in [0.3, 0.4) is 0 Å². The summed E-state index contributed by atoms with van der Waals surface area (Å²) in [5.41, 5.74) is 1.01. The highest BCUT2D eigenvalue weighted by Gasteiger charge is 2.37. The quantitative estimate of drug-likeness (QED) is 0.174. The number of aliphatic hydroxyl groups is 4. The molecule has 4 N–H and O–H groups in total. The molecule has 7 nitrogen and oxygen atoms in total. The lowest BCUT2D eigenvalue weighted by Gasteiger charge is -2.36. The van der Waals surface area contributed by atoms with Gasteiger partial charge in [0.15, 0.2) is 19.8 Å². The normalized spacial score (nSPS) is 15.7. The van der Waals surface area contributed by atoms with Crippen molar-refractivity contribution in [1.29, 1.82) is 0 Å². The minimum atomic E-state index is -1.96. The summed E-state index contributed by atoms with van der Waals surface area (Å²) >= 11 is 0. The topological polar surface area (TPSA) is 109 Å². The minimum absolute atomic E-state index is 0.00984. The van der Waals surface area contributed by atoms with Crippen molar-refractivity contribution in [3.05, 3.63) is 47.4 Å². The molecule has 0 aliphatic carbocycles. The molecule has 166 valence electrons. The van der Waals surface area contributed by atoms with E-state index in [0.29, 0.717) is 6.61 Å². The van der Waals surface area contributed by atoms with Crippen LogP contribution in [0.4, 0.5) is 0 Å². The van der Waals surface area contributed by atoms with Gasteiger partial charge in [-0.15, -0.1) is 0 Å². The van der Waals surface area contributed by atoms with Crippen molar-refractivity contribution >= 4 is 8.32 Å². The second kappa shape index (κ2) is 11.7. The Labute approximate surface area is 174 Å². The molecule has 1 aromatic carbocycles. The van der Waals surface area contributed by atoms with Crippen molar-refractivity contribution in [2.75, 3.05) is 19.8 Å². The zero-order valence-corrected chi connectivity index (χ0v) is 19.1. The summed E-state index contributed by atoms with van der Waals surface area (Å²) < 4.78 is 16.4. The molecule has 1 rings (SSSR count). The van der Waals surface area contributed by atoms with E-state index >= 15 is 0 Å². The van der Waals surface area contributed by atoms with E-state index in [1.807, 2.05) is 30.3 Å². The van der Waals surface area contributed by atoms with E-state index in [1.54, 1.807) is 0 Å². The summed E-state index contributed by atoms with van der Waals surface area (Å²) in [4.78, 5) is 0. The molecule has 0 aliphatic rings. The molecule has 0 saturated carbocycles. The van der Waals surface area contributed by atoms with Gasteiger partial charge in [-0.25, -0.2) is 0 Å². The molecule has 0 saturated heterocycles. The lowest BCUT2D eigenvalue weighted by atomic mass is 10.2. The van der Waals surface area contributed by atoms with Crippen LogP contribution in [0.25, 0.3) is 0 Å². The Morgan fingerprint density at radius 1 is 0.966 bits per heavy atom. The maximum Gasteiger partial charge on any atom is 0.217 e. The lowest BCUT2D eigenvalue weighted by molar-refractivity contribution is -0.112. The third kappa shape index (κ3) is 8.86. The molecule has 0 bridgehead atoms. The van der Waals surface area contributed by atoms with Crippen LogP contribution in [-0.4, -0.2) is 61.0 Å². The predicted molar refractivity (Wildman–Crippen MR) is 114 cm³/mol. The van der Waals surface area contributed by atoms with Crippen molar-refractivity contribution in [1.82, 2.24) is 0 Å². The van der Waals surface area contributed by atoms with Gasteiger partial charge in [0.25, 0.3) is 0 Å². The highest BCUT2D eigenvalue weighted by Crippen LogP contribution is 2.36. The zero-order chi connectivity index (χ0) is 22.1. The molecule has 0 fully saturated rings. The predicted octanol–water partition coefficient (Wildman–Crippen LogP) is 3.64. The highest BCUT2D eigenvalue weighted by molar-refractivity contribution is 6.74. The van der Waals surface area contributed by atoms with Crippen molar-refractivity contribution in [3.63, 3.8) is 0 Å². The fourth-order valence-corrected chi connectivity index (χ4v) is 3.20. The van der Waals surface area contributed by atoms with Crippen molar-refractivity contribution in [2.24, 2.45) is 0 Å². The minimum Gasteiger partial charge on any atom is -0.506 e. The molecule has 8 heteroatoms. The monoisotopic (exact) mass is 428 g/mol. The molecular weight excluding hydrogens is 392 g/mol. The van der Waals surface area contributed by atoms with E-state index < -0.39 is 32.2 Å². The summed E-state index contributed by atoms with van der Waals surface area (Å²) in [5.74, 6) is -1.53. The van der Waals surface area contributed by atoms with Gasteiger partial charge in [-0.1, -0.05) is 51.1 Å². The maximum atomic E-state index is 10.0. The summed E-state index contributed by atoms with van der Waals surface area (Å²) in [6, 6.07) is 9.59. The second-order valence-corrected chi connectivity index (χ2v) is 13.3. The lowest BCUT2D eigenvalue weighted by Crippen LogP contribution is -2.41. The largest absolute Gasteiger partial charge is 0.506 e. The van der Waals surface area contributed by atoms with Gasteiger partial charge in [-0.05, 0) is 23.7 Å². The first-order chi connectivity index (χ1) is 13.5. The van der Waals surface area contributed by atoms with Gasteiger partial charge < -0.3 is 34.3 Å².